The molecule has 1 aliphatic rings. The highest BCUT2D eigenvalue weighted by Crippen LogP contribution is 2.30. The second-order valence-electron chi connectivity index (χ2n) is 7.74. The minimum Gasteiger partial charge on any atom is -0.447 e. The van der Waals surface area contributed by atoms with Crippen LogP contribution in [0.25, 0.3) is 10.9 Å². The van der Waals surface area contributed by atoms with Gasteiger partial charge in [-0.3, -0.25) is 4.90 Å². The van der Waals surface area contributed by atoms with Crippen LogP contribution >= 0.6 is 0 Å². The van der Waals surface area contributed by atoms with Crippen molar-refractivity contribution in [3.63, 3.8) is 0 Å². The molecule has 1 unspecified atom stereocenters. The maximum atomic E-state index is 5.83. The van der Waals surface area contributed by atoms with Crippen molar-refractivity contribution in [2.75, 3.05) is 19.8 Å². The van der Waals surface area contributed by atoms with E-state index in [1.807, 2.05) is 0 Å². The molecule has 2 aromatic heterocycles. The van der Waals surface area contributed by atoms with Crippen LogP contribution in [-0.4, -0.2) is 34.6 Å². The second kappa shape index (κ2) is 6.32. The number of morpholine rings is 1. The second-order valence-corrected chi connectivity index (χ2v) is 7.74. The number of benzene rings is 1. The number of oxazole rings is 1. The molecule has 1 N–H and O–H groups in total. The molecule has 0 amide bonds. The van der Waals surface area contributed by atoms with Crippen molar-refractivity contribution in [3.8, 4) is 0 Å². The van der Waals surface area contributed by atoms with Gasteiger partial charge >= 0.3 is 0 Å². The molecule has 1 fully saturated rings. The van der Waals surface area contributed by atoms with Gasteiger partial charge in [-0.15, -0.1) is 0 Å². The van der Waals surface area contributed by atoms with E-state index in [0.717, 1.165) is 31.3 Å². The zero-order valence-corrected chi connectivity index (χ0v) is 15.1. The fourth-order valence-electron chi connectivity index (χ4n) is 3.32. The molecule has 25 heavy (non-hydrogen) atoms. The topological polar surface area (TPSA) is 54.3 Å². The zero-order valence-electron chi connectivity index (χ0n) is 15.1. The van der Waals surface area contributed by atoms with E-state index in [0.29, 0.717) is 6.61 Å². The van der Waals surface area contributed by atoms with E-state index in [4.69, 9.17) is 14.1 Å². The van der Waals surface area contributed by atoms with Crippen molar-refractivity contribution in [1.29, 1.82) is 0 Å². The monoisotopic (exact) mass is 339 g/mol. The van der Waals surface area contributed by atoms with E-state index in [2.05, 4.69) is 61.1 Å². The normalized spacial score (nSPS) is 19.6. The summed E-state index contributed by atoms with van der Waals surface area (Å²) in [5.41, 5.74) is 3.44. The number of nitrogens with one attached hydrogen (secondary N) is 1. The molecule has 1 atom stereocenters. The largest absolute Gasteiger partial charge is 0.447 e. The van der Waals surface area contributed by atoms with Crippen molar-refractivity contribution in [1.82, 2.24) is 14.9 Å². The Morgan fingerprint density at radius 2 is 2.12 bits per heavy atom. The molecule has 5 heteroatoms. The van der Waals surface area contributed by atoms with Gasteiger partial charge in [0.25, 0.3) is 0 Å². The summed E-state index contributed by atoms with van der Waals surface area (Å²) in [6, 6.07) is 8.47. The lowest BCUT2D eigenvalue weighted by atomic mass is 9.93. The summed E-state index contributed by atoms with van der Waals surface area (Å²) in [6.07, 6.45) is 3.89. The molecule has 0 aliphatic carbocycles. The fraction of sp³-hybridized carbons (Fsp3) is 0.450. The summed E-state index contributed by atoms with van der Waals surface area (Å²) in [5.74, 6) is 0.754. The van der Waals surface area contributed by atoms with Crippen LogP contribution in [-0.2, 0) is 16.7 Å². The Labute approximate surface area is 148 Å². The van der Waals surface area contributed by atoms with Crippen molar-refractivity contribution in [2.24, 2.45) is 0 Å². The maximum Gasteiger partial charge on any atom is 0.214 e. The fourth-order valence-corrected chi connectivity index (χ4v) is 3.32. The van der Waals surface area contributed by atoms with Gasteiger partial charge in [-0.05, 0) is 11.6 Å². The first-order valence-electron chi connectivity index (χ1n) is 8.85. The van der Waals surface area contributed by atoms with Crippen LogP contribution in [0.4, 0.5) is 0 Å². The number of H-pyrrole nitrogens is 1. The number of fused-ring (bicyclic) bond motifs is 1. The molecular formula is C20H25N3O2. The van der Waals surface area contributed by atoms with Crippen molar-refractivity contribution in [3.05, 3.63) is 53.9 Å². The summed E-state index contributed by atoms with van der Waals surface area (Å²) in [4.78, 5) is 10.5. The number of para-hydroxylation sites is 1. The van der Waals surface area contributed by atoms with Gasteiger partial charge in [0, 0.05) is 35.6 Å². The number of hydrogen-bond donors (Lipinski definition) is 1. The molecule has 5 nitrogen and oxygen atoms in total. The lowest BCUT2D eigenvalue weighted by Gasteiger charge is -2.33. The van der Waals surface area contributed by atoms with Crippen molar-refractivity contribution in [2.45, 2.75) is 38.8 Å². The summed E-state index contributed by atoms with van der Waals surface area (Å²) in [7, 11) is 0. The Bertz CT molecular complexity index is 859. The van der Waals surface area contributed by atoms with Crippen LogP contribution in [0.1, 0.15) is 44.0 Å². The Kier molecular flexibility index (Phi) is 4.13. The lowest BCUT2D eigenvalue weighted by molar-refractivity contribution is -0.0221. The summed E-state index contributed by atoms with van der Waals surface area (Å²) in [6.45, 7) is 9.53. The highest BCUT2D eigenvalue weighted by molar-refractivity contribution is 5.82. The first kappa shape index (κ1) is 16.4. The van der Waals surface area contributed by atoms with Crippen LogP contribution in [0.3, 0.4) is 0 Å². The summed E-state index contributed by atoms with van der Waals surface area (Å²) >= 11 is 0. The highest BCUT2D eigenvalue weighted by atomic mass is 16.5. The Morgan fingerprint density at radius 3 is 2.92 bits per heavy atom. The van der Waals surface area contributed by atoms with E-state index in [1.165, 1.54) is 16.5 Å². The predicted octanol–water partition coefficient (Wildman–Crippen LogP) is 4.03. The third kappa shape index (κ3) is 3.22. The van der Waals surface area contributed by atoms with Gasteiger partial charge in [0.2, 0.25) is 5.89 Å². The first-order chi connectivity index (χ1) is 12.0. The molecule has 1 saturated heterocycles. The molecule has 1 aromatic carbocycles. The number of ether oxygens (including phenoxy) is 1. The zero-order chi connectivity index (χ0) is 17.4. The molecule has 0 saturated carbocycles. The molecule has 0 radical (unpaired) electrons. The number of rotatable bonds is 3. The Balaban J connectivity index is 1.60. The van der Waals surface area contributed by atoms with Crippen LogP contribution in [0.2, 0.25) is 0 Å². The Hall–Kier alpha value is -2.11. The van der Waals surface area contributed by atoms with Crippen molar-refractivity contribution < 1.29 is 9.15 Å². The molecule has 132 valence electrons. The molecule has 3 aromatic rings. The third-order valence-electron chi connectivity index (χ3n) is 4.86. The van der Waals surface area contributed by atoms with Gasteiger partial charge < -0.3 is 14.1 Å². The van der Waals surface area contributed by atoms with E-state index >= 15 is 0 Å². The van der Waals surface area contributed by atoms with E-state index < -0.39 is 0 Å². The molecule has 3 heterocycles. The number of aromatic nitrogens is 2. The first-order valence-corrected chi connectivity index (χ1v) is 8.85. The van der Waals surface area contributed by atoms with Gasteiger partial charge in [-0.1, -0.05) is 39.0 Å². The lowest BCUT2D eigenvalue weighted by Crippen LogP contribution is -2.39. The molecule has 4 rings (SSSR count). The average molecular weight is 339 g/mol. The minimum absolute atomic E-state index is 0.0149. The van der Waals surface area contributed by atoms with Crippen molar-refractivity contribution >= 4 is 10.9 Å². The van der Waals surface area contributed by atoms with Gasteiger partial charge in [0.1, 0.15) is 12.3 Å². The number of nitrogens with zero attached hydrogens (tertiary/aromatic N) is 2. The number of aromatic amines is 1. The van der Waals surface area contributed by atoms with Crippen LogP contribution in [0.15, 0.2) is 41.1 Å². The van der Waals surface area contributed by atoms with Gasteiger partial charge in [-0.25, -0.2) is 4.98 Å². The van der Waals surface area contributed by atoms with Crippen LogP contribution < -0.4 is 0 Å². The average Bonchev–Trinajstić information content (AvgIpc) is 3.23. The van der Waals surface area contributed by atoms with Crippen LogP contribution in [0, 0.1) is 0 Å². The smallest absolute Gasteiger partial charge is 0.214 e. The van der Waals surface area contributed by atoms with E-state index in [-0.39, 0.29) is 11.5 Å². The maximum absolute atomic E-state index is 5.83. The van der Waals surface area contributed by atoms with Gasteiger partial charge in [0.05, 0.1) is 18.9 Å². The minimum atomic E-state index is -0.0149. The Morgan fingerprint density at radius 1 is 1.28 bits per heavy atom. The molecule has 0 spiro atoms. The summed E-state index contributed by atoms with van der Waals surface area (Å²) in [5, 5.41) is 1.27. The van der Waals surface area contributed by atoms with E-state index in [9.17, 15) is 0 Å². The molecule has 1 aliphatic heterocycles. The third-order valence-corrected chi connectivity index (χ3v) is 4.86. The molecule has 0 bridgehead atoms. The van der Waals surface area contributed by atoms with Crippen LogP contribution in [0.5, 0.6) is 0 Å². The molecular weight excluding hydrogens is 314 g/mol. The summed E-state index contributed by atoms with van der Waals surface area (Å²) < 4.78 is 11.5. The highest BCUT2D eigenvalue weighted by Gasteiger charge is 2.30. The predicted molar refractivity (Wildman–Crippen MR) is 97.5 cm³/mol. The van der Waals surface area contributed by atoms with E-state index in [1.54, 1.807) is 6.26 Å². The standard InChI is InChI=1S/C20H25N3O2/c1-20(2,3)18-13-25-19(22-18)17-12-24-9-8-23(17)11-14-10-21-16-7-5-4-6-15(14)16/h4-7,10,13,17,21H,8-9,11-12H2,1-3H3. The number of hydrogen-bond acceptors (Lipinski definition) is 4. The van der Waals surface area contributed by atoms with Gasteiger partial charge in [-0.2, -0.15) is 0 Å². The van der Waals surface area contributed by atoms with Gasteiger partial charge in [0.15, 0.2) is 0 Å². The SMILES string of the molecule is CC(C)(C)c1coc(C2COCCN2Cc2c[nH]c3ccccc23)n1. The quantitative estimate of drug-likeness (QED) is 0.783.